The number of likely N-dealkylation sites (tertiary alicyclic amines) is 1. The number of aryl methyl sites for hydroxylation is 1. The van der Waals surface area contributed by atoms with Crippen LogP contribution in [0.3, 0.4) is 0 Å². The van der Waals surface area contributed by atoms with Crippen LogP contribution in [0.15, 0.2) is 53.9 Å². The number of urea groups is 1. The normalized spacial score (nSPS) is 20.4. The molecule has 1 fully saturated rings. The van der Waals surface area contributed by atoms with Gasteiger partial charge in [0.05, 0.1) is 6.54 Å². The number of aromatic nitrogens is 1. The Labute approximate surface area is 175 Å². The molecular formula is C22H25N5O3. The molecule has 2 N–H and O–H groups in total. The van der Waals surface area contributed by atoms with Gasteiger partial charge >= 0.3 is 6.03 Å². The summed E-state index contributed by atoms with van der Waals surface area (Å²) < 4.78 is 0. The molecule has 2 aliphatic rings. The van der Waals surface area contributed by atoms with Crippen molar-refractivity contribution in [2.75, 3.05) is 18.4 Å². The molecule has 0 saturated carbocycles. The second kappa shape index (κ2) is 8.52. The van der Waals surface area contributed by atoms with E-state index >= 15 is 0 Å². The van der Waals surface area contributed by atoms with Crippen LogP contribution in [-0.4, -0.2) is 46.2 Å². The van der Waals surface area contributed by atoms with E-state index in [0.29, 0.717) is 31.8 Å². The number of anilines is 1. The highest BCUT2D eigenvalue weighted by atomic mass is 16.7. The molecular weight excluding hydrogens is 382 g/mol. The first-order valence-corrected chi connectivity index (χ1v) is 10.1. The SMILES string of the molecule is Cc1cccc(NC(=O)N2CCC[C@]3(CC(C(=O)NCc4cccnc4)=NO3)C2)c1. The number of nitrogens with zero attached hydrogens (tertiary/aromatic N) is 3. The van der Waals surface area contributed by atoms with Gasteiger partial charge in [-0.2, -0.15) is 0 Å². The molecule has 4 rings (SSSR count). The Morgan fingerprint density at radius 3 is 2.97 bits per heavy atom. The number of oxime groups is 1. The first-order valence-electron chi connectivity index (χ1n) is 10.1. The molecule has 30 heavy (non-hydrogen) atoms. The van der Waals surface area contributed by atoms with Gasteiger partial charge in [0.1, 0.15) is 5.71 Å². The summed E-state index contributed by atoms with van der Waals surface area (Å²) in [5.41, 5.74) is 2.48. The lowest BCUT2D eigenvalue weighted by Gasteiger charge is -2.38. The van der Waals surface area contributed by atoms with Gasteiger partial charge in [-0.05, 0) is 49.1 Å². The zero-order chi connectivity index (χ0) is 21.0. The predicted molar refractivity (Wildman–Crippen MR) is 113 cm³/mol. The maximum Gasteiger partial charge on any atom is 0.321 e. The second-order valence-electron chi connectivity index (χ2n) is 7.86. The Kier molecular flexibility index (Phi) is 5.65. The minimum atomic E-state index is -0.636. The van der Waals surface area contributed by atoms with Gasteiger partial charge in [-0.15, -0.1) is 0 Å². The van der Waals surface area contributed by atoms with Crippen LogP contribution >= 0.6 is 0 Å². The number of carbonyl (C=O) groups excluding carboxylic acids is 2. The lowest BCUT2D eigenvalue weighted by atomic mass is 9.88. The van der Waals surface area contributed by atoms with Crippen molar-refractivity contribution in [2.24, 2.45) is 5.16 Å². The Balaban J connectivity index is 1.33. The lowest BCUT2D eigenvalue weighted by Crippen LogP contribution is -2.52. The maximum atomic E-state index is 12.7. The summed E-state index contributed by atoms with van der Waals surface area (Å²) >= 11 is 0. The lowest BCUT2D eigenvalue weighted by molar-refractivity contribution is -0.115. The van der Waals surface area contributed by atoms with Crippen molar-refractivity contribution >= 4 is 23.3 Å². The van der Waals surface area contributed by atoms with Gasteiger partial charge in [0.15, 0.2) is 5.60 Å². The summed E-state index contributed by atoms with van der Waals surface area (Å²) in [5, 5.41) is 9.84. The van der Waals surface area contributed by atoms with Crippen LogP contribution in [-0.2, 0) is 16.2 Å². The average Bonchev–Trinajstić information content (AvgIpc) is 3.16. The van der Waals surface area contributed by atoms with E-state index in [-0.39, 0.29) is 11.9 Å². The number of nitrogens with one attached hydrogen (secondary N) is 2. The van der Waals surface area contributed by atoms with Crippen molar-refractivity contribution in [2.45, 2.75) is 38.3 Å². The van der Waals surface area contributed by atoms with Gasteiger partial charge in [-0.3, -0.25) is 9.78 Å². The number of piperidine rings is 1. The molecule has 1 saturated heterocycles. The van der Waals surface area contributed by atoms with E-state index in [4.69, 9.17) is 4.84 Å². The van der Waals surface area contributed by atoms with Crippen LogP contribution in [0.2, 0.25) is 0 Å². The highest BCUT2D eigenvalue weighted by Gasteiger charge is 2.45. The molecule has 0 unspecified atom stereocenters. The van der Waals surface area contributed by atoms with E-state index < -0.39 is 5.60 Å². The number of amides is 3. The van der Waals surface area contributed by atoms with Gasteiger partial charge in [-0.1, -0.05) is 23.4 Å². The van der Waals surface area contributed by atoms with E-state index in [9.17, 15) is 9.59 Å². The van der Waals surface area contributed by atoms with Crippen molar-refractivity contribution < 1.29 is 14.4 Å². The van der Waals surface area contributed by atoms with E-state index in [2.05, 4.69) is 20.8 Å². The summed E-state index contributed by atoms with van der Waals surface area (Å²) in [6.07, 6.45) is 5.33. The van der Waals surface area contributed by atoms with Crippen molar-refractivity contribution in [1.82, 2.24) is 15.2 Å². The van der Waals surface area contributed by atoms with Gasteiger partial charge < -0.3 is 20.4 Å². The molecule has 0 bridgehead atoms. The molecule has 0 aliphatic carbocycles. The number of carbonyl (C=O) groups is 2. The third-order valence-electron chi connectivity index (χ3n) is 5.37. The molecule has 2 aromatic rings. The fourth-order valence-corrected chi connectivity index (χ4v) is 3.85. The third kappa shape index (κ3) is 4.59. The summed E-state index contributed by atoms with van der Waals surface area (Å²) in [4.78, 5) is 36.7. The fraction of sp³-hybridized carbons (Fsp3) is 0.364. The van der Waals surface area contributed by atoms with Gasteiger partial charge in [0, 0.05) is 37.6 Å². The fourth-order valence-electron chi connectivity index (χ4n) is 3.85. The summed E-state index contributed by atoms with van der Waals surface area (Å²) in [7, 11) is 0. The molecule has 2 aliphatic heterocycles. The number of pyridine rings is 1. The van der Waals surface area contributed by atoms with Gasteiger partial charge in [0.2, 0.25) is 0 Å². The van der Waals surface area contributed by atoms with Crippen LogP contribution in [0.1, 0.15) is 30.4 Å². The molecule has 1 atom stereocenters. The monoisotopic (exact) mass is 407 g/mol. The van der Waals surface area contributed by atoms with Crippen LogP contribution in [0.5, 0.6) is 0 Å². The molecule has 0 radical (unpaired) electrons. The third-order valence-corrected chi connectivity index (χ3v) is 5.37. The first-order chi connectivity index (χ1) is 14.5. The van der Waals surface area contributed by atoms with E-state index in [1.165, 1.54) is 0 Å². The average molecular weight is 407 g/mol. The van der Waals surface area contributed by atoms with Crippen molar-refractivity contribution in [1.29, 1.82) is 0 Å². The Morgan fingerprint density at radius 1 is 1.27 bits per heavy atom. The van der Waals surface area contributed by atoms with Crippen LogP contribution < -0.4 is 10.6 Å². The maximum absolute atomic E-state index is 12.7. The Bertz CT molecular complexity index is 962. The van der Waals surface area contributed by atoms with Crippen LogP contribution in [0.4, 0.5) is 10.5 Å². The minimum Gasteiger partial charge on any atom is -0.386 e. The largest absolute Gasteiger partial charge is 0.386 e. The number of hydrogen-bond acceptors (Lipinski definition) is 5. The Hall–Kier alpha value is -3.42. The standard InChI is InChI=1S/C22H25N5O3/c1-16-5-2-7-18(11-16)25-21(29)27-10-4-8-22(15-27)12-19(26-30-22)20(28)24-14-17-6-3-9-23-13-17/h2-3,5-7,9,11,13H,4,8,10,12,14-15H2,1H3,(H,24,28)(H,25,29)/t22-/m0/s1. The zero-order valence-corrected chi connectivity index (χ0v) is 16.9. The van der Waals surface area contributed by atoms with E-state index in [1.54, 1.807) is 17.3 Å². The summed E-state index contributed by atoms with van der Waals surface area (Å²) in [5.74, 6) is -0.253. The van der Waals surface area contributed by atoms with Crippen molar-refractivity contribution in [3.8, 4) is 0 Å². The first kappa shape index (κ1) is 19.9. The summed E-state index contributed by atoms with van der Waals surface area (Å²) in [6, 6.07) is 11.2. The molecule has 1 aromatic carbocycles. The molecule has 1 aromatic heterocycles. The topological polar surface area (TPSA) is 95.9 Å². The quantitative estimate of drug-likeness (QED) is 0.815. The molecule has 156 valence electrons. The second-order valence-corrected chi connectivity index (χ2v) is 7.86. The molecule has 1 spiro atoms. The van der Waals surface area contributed by atoms with Crippen LogP contribution in [0.25, 0.3) is 0 Å². The number of benzene rings is 1. The highest BCUT2D eigenvalue weighted by Crippen LogP contribution is 2.33. The Morgan fingerprint density at radius 2 is 2.17 bits per heavy atom. The van der Waals surface area contributed by atoms with Gasteiger partial charge in [0.25, 0.3) is 5.91 Å². The number of rotatable bonds is 4. The van der Waals surface area contributed by atoms with Crippen molar-refractivity contribution in [3.63, 3.8) is 0 Å². The zero-order valence-electron chi connectivity index (χ0n) is 16.9. The number of hydrogen-bond donors (Lipinski definition) is 2. The van der Waals surface area contributed by atoms with Crippen LogP contribution in [0, 0.1) is 6.92 Å². The van der Waals surface area contributed by atoms with Crippen molar-refractivity contribution in [3.05, 3.63) is 59.9 Å². The molecule has 3 amide bonds. The smallest absolute Gasteiger partial charge is 0.321 e. The summed E-state index contributed by atoms with van der Waals surface area (Å²) in [6.45, 7) is 3.40. The molecule has 8 heteroatoms. The molecule has 8 nitrogen and oxygen atoms in total. The highest BCUT2D eigenvalue weighted by molar-refractivity contribution is 6.39. The van der Waals surface area contributed by atoms with E-state index in [1.807, 2.05) is 43.3 Å². The molecule has 3 heterocycles. The van der Waals surface area contributed by atoms with Gasteiger partial charge in [-0.25, -0.2) is 4.79 Å². The predicted octanol–water partition coefficient (Wildman–Crippen LogP) is 2.85. The van der Waals surface area contributed by atoms with E-state index in [0.717, 1.165) is 29.7 Å². The minimum absolute atomic E-state index is 0.169.